The molecule has 0 aliphatic heterocycles. The van der Waals surface area contributed by atoms with Gasteiger partial charge in [0.25, 0.3) is 5.91 Å². The molecule has 0 fully saturated rings. The van der Waals surface area contributed by atoms with Crippen LogP contribution >= 0.6 is 11.5 Å². The van der Waals surface area contributed by atoms with Gasteiger partial charge in [-0.1, -0.05) is 16.6 Å². The number of hydrogen-bond acceptors (Lipinski definition) is 7. The molecule has 3 aromatic rings. The monoisotopic (exact) mass is 385 g/mol. The molecule has 27 heavy (non-hydrogen) atoms. The number of hydrogen-bond donors (Lipinski definition) is 1. The van der Waals surface area contributed by atoms with E-state index in [-0.39, 0.29) is 23.2 Å². The van der Waals surface area contributed by atoms with Crippen molar-refractivity contribution in [2.24, 2.45) is 0 Å². The van der Waals surface area contributed by atoms with Gasteiger partial charge in [0.1, 0.15) is 0 Å². The van der Waals surface area contributed by atoms with E-state index in [1.54, 1.807) is 19.1 Å². The van der Waals surface area contributed by atoms with E-state index < -0.39 is 5.97 Å². The van der Waals surface area contributed by atoms with Crippen LogP contribution in [0.4, 0.5) is 5.00 Å². The van der Waals surface area contributed by atoms with E-state index >= 15 is 0 Å². The zero-order valence-corrected chi connectivity index (χ0v) is 16.0. The van der Waals surface area contributed by atoms with Gasteiger partial charge in [-0.25, -0.2) is 4.79 Å². The Labute approximate surface area is 160 Å². The molecule has 0 saturated heterocycles. The van der Waals surface area contributed by atoms with E-state index in [1.807, 2.05) is 36.7 Å². The van der Waals surface area contributed by atoms with Crippen molar-refractivity contribution in [1.82, 2.24) is 19.4 Å². The van der Waals surface area contributed by atoms with Crippen LogP contribution in [0.2, 0.25) is 0 Å². The number of anilines is 1. The Morgan fingerprint density at radius 1 is 1.26 bits per heavy atom. The van der Waals surface area contributed by atoms with E-state index in [0.717, 1.165) is 28.5 Å². The second-order valence-electron chi connectivity index (χ2n) is 5.91. The molecule has 140 valence electrons. The number of nitrogens with zero attached hydrogens (tertiary/aromatic N) is 4. The Kier molecular flexibility index (Phi) is 5.60. The number of esters is 1. The summed E-state index contributed by atoms with van der Waals surface area (Å²) < 4.78 is 10.5. The van der Waals surface area contributed by atoms with Gasteiger partial charge >= 0.3 is 5.97 Å². The molecule has 2 heterocycles. The summed E-state index contributed by atoms with van der Waals surface area (Å²) in [6.07, 6.45) is 0. The lowest BCUT2D eigenvalue weighted by molar-refractivity contribution is 0.0520. The first-order valence-electron chi connectivity index (χ1n) is 8.38. The average molecular weight is 385 g/mol. The van der Waals surface area contributed by atoms with Crippen LogP contribution in [0.15, 0.2) is 30.3 Å². The smallest absolute Gasteiger partial charge is 0.362 e. The number of rotatable bonds is 6. The summed E-state index contributed by atoms with van der Waals surface area (Å²) in [5, 5.41) is 11.1. The minimum atomic E-state index is -0.611. The highest BCUT2D eigenvalue weighted by Gasteiger charge is 2.20. The first-order valence-corrected chi connectivity index (χ1v) is 9.16. The van der Waals surface area contributed by atoms with Crippen molar-refractivity contribution in [2.45, 2.75) is 27.3 Å². The first-order chi connectivity index (χ1) is 13.0. The SMILES string of the molecule is CCOC(=O)c1nnsc1NC(=O)c1cccc(Cn2nc(C)cc2C)c1. The van der Waals surface area contributed by atoms with Crippen LogP contribution in [0.25, 0.3) is 0 Å². The van der Waals surface area contributed by atoms with Gasteiger partial charge in [-0.05, 0) is 44.5 Å². The molecule has 0 bridgehead atoms. The second-order valence-corrected chi connectivity index (χ2v) is 6.66. The fourth-order valence-corrected chi connectivity index (χ4v) is 3.15. The molecule has 0 unspecified atom stereocenters. The molecule has 0 aliphatic carbocycles. The highest BCUT2D eigenvalue weighted by molar-refractivity contribution is 7.10. The van der Waals surface area contributed by atoms with Crippen LogP contribution in [-0.4, -0.2) is 37.9 Å². The molecule has 0 aliphatic rings. The van der Waals surface area contributed by atoms with Gasteiger partial charge < -0.3 is 10.1 Å². The molecular weight excluding hydrogens is 366 g/mol. The van der Waals surface area contributed by atoms with Crippen LogP contribution in [0.1, 0.15) is 44.7 Å². The molecule has 1 aromatic carbocycles. The van der Waals surface area contributed by atoms with Crippen LogP contribution in [0, 0.1) is 13.8 Å². The summed E-state index contributed by atoms with van der Waals surface area (Å²) in [7, 11) is 0. The minimum Gasteiger partial charge on any atom is -0.461 e. The molecule has 0 radical (unpaired) electrons. The highest BCUT2D eigenvalue weighted by Crippen LogP contribution is 2.20. The fraction of sp³-hybridized carbons (Fsp3) is 0.278. The minimum absolute atomic E-state index is 0.00833. The molecule has 2 aromatic heterocycles. The standard InChI is InChI=1S/C18H19N5O3S/c1-4-26-18(25)15-17(27-22-20-15)19-16(24)14-7-5-6-13(9-14)10-23-12(3)8-11(2)21-23/h5-9H,4,10H2,1-3H3,(H,19,24). The number of aromatic nitrogens is 4. The third kappa shape index (κ3) is 4.37. The molecule has 0 spiro atoms. The summed E-state index contributed by atoms with van der Waals surface area (Å²) in [6.45, 7) is 6.42. The van der Waals surface area contributed by atoms with Crippen molar-refractivity contribution in [3.63, 3.8) is 0 Å². The van der Waals surface area contributed by atoms with Gasteiger partial charge in [-0.15, -0.1) is 5.10 Å². The van der Waals surface area contributed by atoms with Crippen molar-refractivity contribution >= 4 is 28.4 Å². The van der Waals surface area contributed by atoms with Crippen LogP contribution in [0.5, 0.6) is 0 Å². The van der Waals surface area contributed by atoms with E-state index in [9.17, 15) is 9.59 Å². The largest absolute Gasteiger partial charge is 0.461 e. The zero-order valence-electron chi connectivity index (χ0n) is 15.2. The molecular formula is C18H19N5O3S. The lowest BCUT2D eigenvalue weighted by Gasteiger charge is -2.08. The van der Waals surface area contributed by atoms with Crippen molar-refractivity contribution in [3.05, 3.63) is 58.5 Å². The van der Waals surface area contributed by atoms with E-state index in [0.29, 0.717) is 12.1 Å². The fourth-order valence-electron chi connectivity index (χ4n) is 2.60. The molecule has 0 atom stereocenters. The molecule has 3 rings (SSSR count). The van der Waals surface area contributed by atoms with Gasteiger partial charge in [0, 0.05) is 22.8 Å². The number of aryl methyl sites for hydroxylation is 2. The topological polar surface area (TPSA) is 99.0 Å². The molecule has 9 heteroatoms. The maximum atomic E-state index is 12.6. The molecule has 8 nitrogen and oxygen atoms in total. The van der Waals surface area contributed by atoms with Crippen LogP contribution in [0.3, 0.4) is 0 Å². The maximum Gasteiger partial charge on any atom is 0.362 e. The van der Waals surface area contributed by atoms with Crippen LogP contribution < -0.4 is 5.32 Å². The number of carbonyl (C=O) groups excluding carboxylic acids is 2. The molecule has 0 saturated carbocycles. The number of nitrogens with one attached hydrogen (secondary N) is 1. The Bertz CT molecular complexity index is 979. The molecule has 1 amide bonds. The van der Waals surface area contributed by atoms with E-state index in [1.165, 1.54) is 0 Å². The lowest BCUT2D eigenvalue weighted by Crippen LogP contribution is -2.15. The highest BCUT2D eigenvalue weighted by atomic mass is 32.1. The summed E-state index contributed by atoms with van der Waals surface area (Å²) in [6, 6.07) is 9.26. The predicted octanol–water partition coefficient (Wildman–Crippen LogP) is 2.83. The summed E-state index contributed by atoms with van der Waals surface area (Å²) in [5.41, 5.74) is 3.43. The van der Waals surface area contributed by atoms with Gasteiger partial charge in [0.2, 0.25) is 5.69 Å². The third-order valence-electron chi connectivity index (χ3n) is 3.81. The Morgan fingerprint density at radius 3 is 2.78 bits per heavy atom. The average Bonchev–Trinajstić information content (AvgIpc) is 3.21. The lowest BCUT2D eigenvalue weighted by atomic mass is 10.1. The van der Waals surface area contributed by atoms with E-state index in [2.05, 4.69) is 20.0 Å². The summed E-state index contributed by atoms with van der Waals surface area (Å²) in [5.74, 6) is -0.957. The van der Waals surface area contributed by atoms with Crippen molar-refractivity contribution in [1.29, 1.82) is 0 Å². The first kappa shape index (κ1) is 18.7. The maximum absolute atomic E-state index is 12.6. The Balaban J connectivity index is 1.75. The Hall–Kier alpha value is -3.07. The number of carbonyl (C=O) groups is 2. The molecule has 1 N–H and O–H groups in total. The van der Waals surface area contributed by atoms with Gasteiger partial charge in [-0.2, -0.15) is 5.10 Å². The second kappa shape index (κ2) is 8.09. The third-order valence-corrected chi connectivity index (χ3v) is 4.45. The van der Waals surface area contributed by atoms with E-state index in [4.69, 9.17) is 4.74 Å². The van der Waals surface area contributed by atoms with Gasteiger partial charge in [-0.3, -0.25) is 9.48 Å². The summed E-state index contributed by atoms with van der Waals surface area (Å²) in [4.78, 5) is 24.4. The van der Waals surface area contributed by atoms with Crippen LogP contribution in [-0.2, 0) is 11.3 Å². The van der Waals surface area contributed by atoms with Gasteiger partial charge in [0.15, 0.2) is 5.00 Å². The number of benzene rings is 1. The Morgan fingerprint density at radius 2 is 2.07 bits per heavy atom. The number of amides is 1. The predicted molar refractivity (Wildman–Crippen MR) is 101 cm³/mol. The van der Waals surface area contributed by atoms with Crippen molar-refractivity contribution < 1.29 is 14.3 Å². The summed E-state index contributed by atoms with van der Waals surface area (Å²) >= 11 is 0.930. The number of ether oxygens (including phenoxy) is 1. The van der Waals surface area contributed by atoms with Crippen molar-refractivity contribution in [3.8, 4) is 0 Å². The normalized spacial score (nSPS) is 10.6. The van der Waals surface area contributed by atoms with Gasteiger partial charge in [0.05, 0.1) is 18.8 Å². The van der Waals surface area contributed by atoms with Crippen molar-refractivity contribution in [2.75, 3.05) is 11.9 Å². The quantitative estimate of drug-likeness (QED) is 0.655. The zero-order chi connectivity index (χ0) is 19.4.